The zero-order chi connectivity index (χ0) is 23.2. The number of carbonyl (C=O) groups is 2. The van der Waals surface area contributed by atoms with Gasteiger partial charge in [-0.15, -0.1) is 0 Å². The Labute approximate surface area is 203 Å². The first-order valence-corrected chi connectivity index (χ1v) is 12.6. The molecule has 3 fully saturated rings. The summed E-state index contributed by atoms with van der Waals surface area (Å²) in [5, 5.41) is 11.5. The zero-order valence-corrected chi connectivity index (χ0v) is 19.7. The number of likely N-dealkylation sites (tertiary alicyclic amines) is 2. The second-order valence-corrected chi connectivity index (χ2v) is 10.5. The molecule has 0 radical (unpaired) electrons. The van der Waals surface area contributed by atoms with Crippen molar-refractivity contribution in [2.24, 2.45) is 17.8 Å². The minimum Gasteiger partial charge on any atom is -0.342 e. The van der Waals surface area contributed by atoms with Gasteiger partial charge in [0.15, 0.2) is 0 Å². The van der Waals surface area contributed by atoms with Gasteiger partial charge in [0, 0.05) is 54.5 Å². The standard InChI is InChI=1S/C26H28ClN5O2/c27-22-8-5-17(6-9-22)16-1-3-18(4-2-16)25(33)31-12-20-14-32(15-21(20)13-31)26(34)19-7-10-23-24(11-19)29-30-28-23/h5-11,16,18,20-21H,1-4,12-15H2,(H,28,29,30)/t16?,18?,20-,21-/m1/s1. The number of halogens is 1. The molecule has 8 heteroatoms. The third-order valence-corrected chi connectivity index (χ3v) is 8.32. The van der Waals surface area contributed by atoms with Crippen LogP contribution in [0.4, 0.5) is 0 Å². The van der Waals surface area contributed by atoms with Gasteiger partial charge in [0.2, 0.25) is 5.91 Å². The van der Waals surface area contributed by atoms with E-state index in [2.05, 4.69) is 32.4 Å². The maximum Gasteiger partial charge on any atom is 0.253 e. The maximum absolute atomic E-state index is 13.3. The largest absolute Gasteiger partial charge is 0.342 e. The van der Waals surface area contributed by atoms with E-state index in [9.17, 15) is 9.59 Å². The molecule has 176 valence electrons. The van der Waals surface area contributed by atoms with Gasteiger partial charge in [0.05, 0.1) is 0 Å². The highest BCUT2D eigenvalue weighted by Gasteiger charge is 2.44. The maximum atomic E-state index is 13.3. The van der Waals surface area contributed by atoms with Crippen LogP contribution < -0.4 is 0 Å². The fourth-order valence-electron chi connectivity index (χ4n) is 6.16. The minimum atomic E-state index is 0.0395. The molecule has 3 heterocycles. The zero-order valence-electron chi connectivity index (χ0n) is 19.0. The van der Waals surface area contributed by atoms with E-state index < -0.39 is 0 Å². The Bertz CT molecular complexity index is 1200. The number of aromatic nitrogens is 3. The van der Waals surface area contributed by atoms with E-state index in [1.54, 1.807) is 6.07 Å². The van der Waals surface area contributed by atoms with E-state index in [-0.39, 0.29) is 11.8 Å². The van der Waals surface area contributed by atoms with Gasteiger partial charge >= 0.3 is 0 Å². The molecular weight excluding hydrogens is 450 g/mol. The predicted molar refractivity (Wildman–Crippen MR) is 130 cm³/mol. The number of rotatable bonds is 3. The Morgan fingerprint density at radius 3 is 2.18 bits per heavy atom. The molecule has 0 spiro atoms. The van der Waals surface area contributed by atoms with Crippen LogP contribution >= 0.6 is 11.6 Å². The topological polar surface area (TPSA) is 82.2 Å². The van der Waals surface area contributed by atoms with Crippen LogP contribution in [0.5, 0.6) is 0 Å². The smallest absolute Gasteiger partial charge is 0.253 e. The average Bonchev–Trinajstić information content (AvgIpc) is 3.58. The molecule has 2 aromatic carbocycles. The number of aromatic amines is 1. The van der Waals surface area contributed by atoms with E-state index >= 15 is 0 Å². The van der Waals surface area contributed by atoms with Crippen molar-refractivity contribution < 1.29 is 9.59 Å². The summed E-state index contributed by atoms with van der Waals surface area (Å²) in [5.74, 6) is 1.75. The molecule has 2 aliphatic heterocycles. The van der Waals surface area contributed by atoms with Crippen LogP contribution in [-0.2, 0) is 4.79 Å². The highest BCUT2D eigenvalue weighted by atomic mass is 35.5. The first-order chi connectivity index (χ1) is 16.5. The lowest BCUT2D eigenvalue weighted by molar-refractivity contribution is -0.135. The molecule has 2 atom stereocenters. The average molecular weight is 478 g/mol. The lowest BCUT2D eigenvalue weighted by Crippen LogP contribution is -2.39. The number of nitrogens with zero attached hydrogens (tertiary/aromatic N) is 4. The Morgan fingerprint density at radius 1 is 0.824 bits per heavy atom. The van der Waals surface area contributed by atoms with E-state index in [0.29, 0.717) is 47.8 Å². The monoisotopic (exact) mass is 477 g/mol. The number of benzene rings is 2. The number of hydrogen-bond donors (Lipinski definition) is 1. The second kappa shape index (κ2) is 8.69. The molecule has 1 aromatic heterocycles. The quantitative estimate of drug-likeness (QED) is 0.615. The van der Waals surface area contributed by atoms with Crippen LogP contribution in [0.3, 0.4) is 0 Å². The van der Waals surface area contributed by atoms with Crippen molar-refractivity contribution in [1.82, 2.24) is 25.2 Å². The number of hydrogen-bond acceptors (Lipinski definition) is 4. The van der Waals surface area contributed by atoms with Crippen LogP contribution in [0.25, 0.3) is 11.0 Å². The minimum absolute atomic E-state index is 0.0395. The first-order valence-electron chi connectivity index (χ1n) is 12.2. The van der Waals surface area contributed by atoms with Crippen LogP contribution in [-0.4, -0.2) is 63.2 Å². The van der Waals surface area contributed by atoms with Crippen molar-refractivity contribution >= 4 is 34.4 Å². The molecule has 2 saturated heterocycles. The Balaban J connectivity index is 1.03. The van der Waals surface area contributed by atoms with E-state index in [1.165, 1.54) is 5.56 Å². The second-order valence-electron chi connectivity index (χ2n) is 10.1. The van der Waals surface area contributed by atoms with E-state index in [1.807, 2.05) is 29.2 Å². The van der Waals surface area contributed by atoms with E-state index in [4.69, 9.17) is 11.6 Å². The Kier molecular flexibility index (Phi) is 5.52. The van der Waals surface area contributed by atoms with Crippen LogP contribution in [0.1, 0.15) is 47.5 Å². The molecule has 1 aliphatic carbocycles. The molecule has 0 bridgehead atoms. The van der Waals surface area contributed by atoms with Crippen molar-refractivity contribution in [3.05, 3.63) is 58.6 Å². The van der Waals surface area contributed by atoms with Crippen molar-refractivity contribution in [2.75, 3.05) is 26.2 Å². The summed E-state index contributed by atoms with van der Waals surface area (Å²) < 4.78 is 0. The lowest BCUT2D eigenvalue weighted by Gasteiger charge is -2.31. The summed E-state index contributed by atoms with van der Waals surface area (Å²) in [4.78, 5) is 30.3. The van der Waals surface area contributed by atoms with Gasteiger partial charge in [0.1, 0.15) is 11.0 Å². The fraction of sp³-hybridized carbons (Fsp3) is 0.462. The van der Waals surface area contributed by atoms with Gasteiger partial charge in [-0.25, -0.2) is 0 Å². The van der Waals surface area contributed by atoms with Crippen molar-refractivity contribution in [3.8, 4) is 0 Å². The summed E-state index contributed by atoms with van der Waals surface area (Å²) in [7, 11) is 0. The Morgan fingerprint density at radius 2 is 1.47 bits per heavy atom. The van der Waals surface area contributed by atoms with Gasteiger partial charge in [0.25, 0.3) is 5.91 Å². The first kappa shape index (κ1) is 21.6. The molecule has 34 heavy (non-hydrogen) atoms. The molecule has 0 unspecified atom stereocenters. The van der Waals surface area contributed by atoms with Gasteiger partial charge in [-0.3, -0.25) is 9.59 Å². The summed E-state index contributed by atoms with van der Waals surface area (Å²) >= 11 is 6.02. The third-order valence-electron chi connectivity index (χ3n) is 8.07. The predicted octanol–water partition coefficient (Wildman–Crippen LogP) is 4.12. The number of H-pyrrole nitrogens is 1. The fourth-order valence-corrected chi connectivity index (χ4v) is 6.29. The lowest BCUT2D eigenvalue weighted by atomic mass is 9.78. The molecule has 3 aromatic rings. The van der Waals surface area contributed by atoms with Gasteiger partial charge in [-0.2, -0.15) is 15.4 Å². The molecule has 6 rings (SSSR count). The number of carbonyl (C=O) groups excluding carboxylic acids is 2. The summed E-state index contributed by atoms with van der Waals surface area (Å²) in [6.07, 6.45) is 4.01. The van der Waals surface area contributed by atoms with Crippen LogP contribution in [0.2, 0.25) is 5.02 Å². The highest BCUT2D eigenvalue weighted by molar-refractivity contribution is 6.30. The van der Waals surface area contributed by atoms with Crippen molar-refractivity contribution in [1.29, 1.82) is 0 Å². The molecule has 2 amide bonds. The molecule has 7 nitrogen and oxygen atoms in total. The molecule has 1 saturated carbocycles. The SMILES string of the molecule is O=C(c1ccc2n[nH]nc2c1)N1C[C@H]2CN(C(=O)C3CCC(c4ccc(Cl)cc4)CC3)C[C@@H]2C1. The molecule has 3 aliphatic rings. The van der Waals surface area contributed by atoms with Crippen molar-refractivity contribution in [3.63, 3.8) is 0 Å². The number of amides is 2. The van der Waals surface area contributed by atoms with Crippen LogP contribution in [0.15, 0.2) is 42.5 Å². The molecule has 1 N–H and O–H groups in total. The van der Waals surface area contributed by atoms with Crippen LogP contribution in [0, 0.1) is 17.8 Å². The van der Waals surface area contributed by atoms with Gasteiger partial charge < -0.3 is 9.80 Å². The normalized spacial score (nSPS) is 26.7. The number of nitrogens with one attached hydrogen (secondary N) is 1. The summed E-state index contributed by atoms with van der Waals surface area (Å²) in [6, 6.07) is 13.6. The van der Waals surface area contributed by atoms with Crippen molar-refractivity contribution in [2.45, 2.75) is 31.6 Å². The third kappa shape index (κ3) is 3.96. The summed E-state index contributed by atoms with van der Waals surface area (Å²) in [6.45, 7) is 2.97. The highest BCUT2D eigenvalue weighted by Crippen LogP contribution is 2.39. The number of fused-ring (bicyclic) bond motifs is 2. The van der Waals surface area contributed by atoms with E-state index in [0.717, 1.165) is 49.3 Å². The summed E-state index contributed by atoms with van der Waals surface area (Å²) in [5.41, 5.74) is 3.43. The van der Waals surface area contributed by atoms with Gasteiger partial charge in [-0.05, 0) is 67.5 Å². The Hall–Kier alpha value is -2.93. The van der Waals surface area contributed by atoms with Gasteiger partial charge in [-0.1, -0.05) is 23.7 Å². The molecular formula is C26H28ClN5O2.